The molecular weight excluding hydrogens is 258 g/mol. The third-order valence-electron chi connectivity index (χ3n) is 2.01. The molecule has 0 heterocycles. The molecule has 1 amide bonds. The summed E-state index contributed by atoms with van der Waals surface area (Å²) in [5, 5.41) is 11.4. The minimum Gasteiger partial charge on any atom is -0.483 e. The van der Waals surface area contributed by atoms with E-state index < -0.39 is 5.97 Å². The van der Waals surface area contributed by atoms with Gasteiger partial charge in [0.1, 0.15) is 5.75 Å². The van der Waals surface area contributed by atoms with Gasteiger partial charge in [0.2, 0.25) is 0 Å². The molecule has 0 unspecified atom stereocenters. The zero-order valence-electron chi connectivity index (χ0n) is 9.64. The molecule has 2 N–H and O–H groups in total. The summed E-state index contributed by atoms with van der Waals surface area (Å²) < 4.78 is 5.26. The fourth-order valence-electron chi connectivity index (χ4n) is 1.16. The minimum atomic E-state index is -1.08. The predicted octanol–water partition coefficient (Wildman–Crippen LogP) is 1.56. The highest BCUT2D eigenvalue weighted by molar-refractivity contribution is 6.30. The van der Waals surface area contributed by atoms with Crippen molar-refractivity contribution >= 4 is 29.6 Å². The van der Waals surface area contributed by atoms with Crippen LogP contribution in [0.4, 0.5) is 0 Å². The maximum absolute atomic E-state index is 11.1. The second-order valence-corrected chi connectivity index (χ2v) is 3.75. The smallest absolute Gasteiger partial charge is 0.328 e. The first-order chi connectivity index (χ1) is 8.52. The summed E-state index contributed by atoms with van der Waals surface area (Å²) in [6.45, 7) is -0.147. The Bertz CT molecular complexity index is 485. The number of ether oxygens (including phenoxy) is 1. The fourth-order valence-corrected chi connectivity index (χ4v) is 1.34. The van der Waals surface area contributed by atoms with Gasteiger partial charge in [-0.3, -0.25) is 4.79 Å². The number of carboxylic acid groups (broad SMARTS) is 1. The zero-order chi connectivity index (χ0) is 13.5. The molecule has 18 heavy (non-hydrogen) atoms. The van der Waals surface area contributed by atoms with Gasteiger partial charge in [0.25, 0.3) is 5.91 Å². The molecule has 5 nitrogen and oxygen atoms in total. The molecular formula is C12H12ClNO4. The van der Waals surface area contributed by atoms with Gasteiger partial charge in [-0.2, -0.15) is 0 Å². The number of hydrogen-bond donors (Lipinski definition) is 2. The number of likely N-dealkylation sites (N-methyl/N-ethyl adjacent to an activating group) is 1. The van der Waals surface area contributed by atoms with E-state index in [1.807, 2.05) is 0 Å². The van der Waals surface area contributed by atoms with Crippen LogP contribution in [-0.2, 0) is 9.59 Å². The Balaban J connectivity index is 2.89. The van der Waals surface area contributed by atoms with Gasteiger partial charge in [-0.25, -0.2) is 4.79 Å². The molecule has 0 saturated carbocycles. The second-order valence-electron chi connectivity index (χ2n) is 3.32. The Kier molecular flexibility index (Phi) is 5.20. The number of benzene rings is 1. The molecule has 0 bridgehead atoms. The molecule has 1 aromatic carbocycles. The highest BCUT2D eigenvalue weighted by Crippen LogP contribution is 2.24. The lowest BCUT2D eigenvalue weighted by Crippen LogP contribution is -2.24. The van der Waals surface area contributed by atoms with Gasteiger partial charge in [0.05, 0.1) is 0 Å². The maximum atomic E-state index is 11.1. The largest absolute Gasteiger partial charge is 0.483 e. The molecule has 0 atom stereocenters. The minimum absolute atomic E-state index is 0.147. The van der Waals surface area contributed by atoms with Crippen molar-refractivity contribution in [3.05, 3.63) is 34.9 Å². The van der Waals surface area contributed by atoms with Gasteiger partial charge in [-0.15, -0.1) is 0 Å². The van der Waals surface area contributed by atoms with Crippen molar-refractivity contribution in [3.8, 4) is 5.75 Å². The summed E-state index contributed by atoms with van der Waals surface area (Å²) in [5.41, 5.74) is 0.494. The summed E-state index contributed by atoms with van der Waals surface area (Å²) >= 11 is 5.81. The van der Waals surface area contributed by atoms with Crippen molar-refractivity contribution in [1.82, 2.24) is 5.32 Å². The van der Waals surface area contributed by atoms with E-state index >= 15 is 0 Å². The molecule has 0 aliphatic heterocycles. The van der Waals surface area contributed by atoms with Crippen LogP contribution < -0.4 is 10.1 Å². The molecule has 0 aromatic heterocycles. The average Bonchev–Trinajstić information content (AvgIpc) is 2.34. The molecule has 0 fully saturated rings. The normalized spacial score (nSPS) is 10.3. The lowest BCUT2D eigenvalue weighted by atomic mass is 10.2. The lowest BCUT2D eigenvalue weighted by Gasteiger charge is -2.08. The third kappa shape index (κ3) is 4.47. The van der Waals surface area contributed by atoms with Gasteiger partial charge >= 0.3 is 5.97 Å². The summed E-state index contributed by atoms with van der Waals surface area (Å²) in [6.07, 6.45) is 2.33. The van der Waals surface area contributed by atoms with Crippen molar-refractivity contribution in [1.29, 1.82) is 0 Å². The van der Waals surface area contributed by atoms with Gasteiger partial charge in [0, 0.05) is 23.7 Å². The number of hydrogen-bond acceptors (Lipinski definition) is 3. The molecule has 0 aliphatic rings. The van der Waals surface area contributed by atoms with Crippen LogP contribution in [0, 0.1) is 0 Å². The Morgan fingerprint density at radius 3 is 2.83 bits per heavy atom. The van der Waals surface area contributed by atoms with E-state index in [0.29, 0.717) is 16.3 Å². The molecule has 0 radical (unpaired) electrons. The molecule has 1 rings (SSSR count). The number of carbonyl (C=O) groups is 2. The SMILES string of the molecule is CNC(=O)COc1ccc(Cl)cc1/C=C/C(=O)O. The van der Waals surface area contributed by atoms with Crippen LogP contribution in [0.3, 0.4) is 0 Å². The Hall–Kier alpha value is -2.01. The highest BCUT2D eigenvalue weighted by atomic mass is 35.5. The van der Waals surface area contributed by atoms with Gasteiger partial charge in [-0.05, 0) is 24.3 Å². The van der Waals surface area contributed by atoms with Crippen LogP contribution in [-0.4, -0.2) is 30.6 Å². The van der Waals surface area contributed by atoms with Crippen LogP contribution in [0.1, 0.15) is 5.56 Å². The number of halogens is 1. The number of aliphatic carboxylic acids is 1. The lowest BCUT2D eigenvalue weighted by molar-refractivity contribution is -0.131. The first-order valence-corrected chi connectivity index (χ1v) is 5.44. The molecule has 6 heteroatoms. The molecule has 96 valence electrons. The van der Waals surface area contributed by atoms with E-state index in [9.17, 15) is 9.59 Å². The standard InChI is InChI=1S/C12H12ClNO4/c1-14-11(15)7-18-10-4-3-9(13)6-8(10)2-5-12(16)17/h2-6H,7H2,1H3,(H,14,15)(H,16,17)/b5-2+. The van der Waals surface area contributed by atoms with Gasteiger partial charge < -0.3 is 15.2 Å². The van der Waals surface area contributed by atoms with E-state index in [1.165, 1.54) is 13.1 Å². The van der Waals surface area contributed by atoms with Crippen LogP contribution in [0.25, 0.3) is 6.08 Å². The second kappa shape index (κ2) is 6.66. The van der Waals surface area contributed by atoms with E-state index in [2.05, 4.69) is 5.32 Å². The molecule has 0 spiro atoms. The predicted molar refractivity (Wildman–Crippen MR) is 67.7 cm³/mol. The van der Waals surface area contributed by atoms with E-state index in [-0.39, 0.29) is 12.5 Å². The van der Waals surface area contributed by atoms with Crippen LogP contribution in [0.5, 0.6) is 5.75 Å². The zero-order valence-corrected chi connectivity index (χ0v) is 10.4. The quantitative estimate of drug-likeness (QED) is 0.796. The van der Waals surface area contributed by atoms with Crippen LogP contribution in [0.2, 0.25) is 5.02 Å². The topological polar surface area (TPSA) is 75.6 Å². The fraction of sp³-hybridized carbons (Fsp3) is 0.167. The number of nitrogens with one attached hydrogen (secondary N) is 1. The van der Waals surface area contributed by atoms with Crippen molar-refractivity contribution in [3.63, 3.8) is 0 Å². The summed E-state index contributed by atoms with van der Waals surface area (Å²) in [5.74, 6) is -0.967. The van der Waals surface area contributed by atoms with E-state index in [4.69, 9.17) is 21.4 Å². The monoisotopic (exact) mass is 269 g/mol. The van der Waals surface area contributed by atoms with Crippen molar-refractivity contribution in [2.24, 2.45) is 0 Å². The molecule has 0 saturated heterocycles. The van der Waals surface area contributed by atoms with E-state index in [0.717, 1.165) is 6.08 Å². The Morgan fingerprint density at radius 1 is 1.50 bits per heavy atom. The third-order valence-corrected chi connectivity index (χ3v) is 2.25. The highest BCUT2D eigenvalue weighted by Gasteiger charge is 2.05. The Labute approximate surface area is 109 Å². The number of rotatable bonds is 5. The van der Waals surface area contributed by atoms with Crippen LogP contribution in [0.15, 0.2) is 24.3 Å². The summed E-state index contributed by atoms with van der Waals surface area (Å²) in [6, 6.07) is 4.73. The number of carboxylic acids is 1. The molecule has 1 aromatic rings. The Morgan fingerprint density at radius 2 is 2.22 bits per heavy atom. The van der Waals surface area contributed by atoms with Crippen molar-refractivity contribution in [2.75, 3.05) is 13.7 Å². The van der Waals surface area contributed by atoms with Gasteiger partial charge in [-0.1, -0.05) is 11.6 Å². The average molecular weight is 270 g/mol. The first-order valence-electron chi connectivity index (χ1n) is 5.07. The van der Waals surface area contributed by atoms with Crippen LogP contribution >= 0.6 is 11.6 Å². The van der Waals surface area contributed by atoms with Crippen molar-refractivity contribution < 1.29 is 19.4 Å². The van der Waals surface area contributed by atoms with Gasteiger partial charge in [0.15, 0.2) is 6.61 Å². The summed E-state index contributed by atoms with van der Waals surface area (Å²) in [4.78, 5) is 21.5. The first kappa shape index (κ1) is 14.1. The van der Waals surface area contributed by atoms with Crippen molar-refractivity contribution in [2.45, 2.75) is 0 Å². The number of amides is 1. The number of carbonyl (C=O) groups excluding carboxylic acids is 1. The van der Waals surface area contributed by atoms with E-state index in [1.54, 1.807) is 18.2 Å². The molecule has 0 aliphatic carbocycles. The summed E-state index contributed by atoms with van der Waals surface area (Å²) in [7, 11) is 1.50. The maximum Gasteiger partial charge on any atom is 0.328 e.